The first-order valence-corrected chi connectivity index (χ1v) is 9.17. The molecule has 0 spiro atoms. The summed E-state index contributed by atoms with van der Waals surface area (Å²) in [6, 6.07) is 10.4. The van der Waals surface area contributed by atoms with Crippen LogP contribution >= 0.6 is 0 Å². The van der Waals surface area contributed by atoms with Crippen molar-refractivity contribution in [1.29, 1.82) is 0 Å². The van der Waals surface area contributed by atoms with E-state index in [2.05, 4.69) is 4.85 Å². The van der Waals surface area contributed by atoms with Crippen LogP contribution in [0, 0.1) is 6.57 Å². The minimum atomic E-state index is -1.51. The van der Waals surface area contributed by atoms with E-state index in [1.165, 1.54) is 4.57 Å². The summed E-state index contributed by atoms with van der Waals surface area (Å²) in [5.74, 6) is -0.644. The molecule has 0 aliphatic carbocycles. The second-order valence-electron chi connectivity index (χ2n) is 7.37. The third-order valence-electron chi connectivity index (χ3n) is 6.04. The highest BCUT2D eigenvalue weighted by Gasteiger charge is 2.65. The predicted molar refractivity (Wildman–Crippen MR) is 102 cm³/mol. The van der Waals surface area contributed by atoms with Crippen LogP contribution in [0.1, 0.15) is 23.7 Å². The lowest BCUT2D eigenvalue weighted by Crippen LogP contribution is -2.43. The molecule has 5 N–H and O–H groups in total. The second-order valence-corrected chi connectivity index (χ2v) is 7.37. The molecule has 2 unspecified atom stereocenters. The van der Waals surface area contributed by atoms with E-state index in [-0.39, 0.29) is 35.9 Å². The number of nitrogens with zero attached hydrogens (tertiary/aromatic N) is 2. The Kier molecular flexibility index (Phi) is 3.69. The summed E-state index contributed by atoms with van der Waals surface area (Å²) >= 11 is 0. The maximum atomic E-state index is 11.1. The Morgan fingerprint density at radius 1 is 1.07 bits per heavy atom. The Labute approximate surface area is 165 Å². The van der Waals surface area contributed by atoms with Gasteiger partial charge in [-0.15, -0.1) is 0 Å². The molecule has 4 atom stereocenters. The van der Waals surface area contributed by atoms with Gasteiger partial charge in [-0.3, -0.25) is 4.57 Å². The zero-order chi connectivity index (χ0) is 20.5. The van der Waals surface area contributed by atoms with Gasteiger partial charge in [-0.25, -0.2) is 4.85 Å². The number of aliphatic hydroxyl groups is 3. The van der Waals surface area contributed by atoms with Gasteiger partial charge in [-0.1, -0.05) is 30.3 Å². The first-order valence-electron chi connectivity index (χ1n) is 9.17. The molecule has 2 bridgehead atoms. The highest BCUT2D eigenvalue weighted by atomic mass is 16.6. The molecular formula is C21H18N2O6. The lowest BCUT2D eigenvalue weighted by atomic mass is 9.78. The fourth-order valence-corrected chi connectivity index (χ4v) is 4.78. The molecule has 2 aliphatic heterocycles. The summed E-state index contributed by atoms with van der Waals surface area (Å²) < 4.78 is 7.01. The van der Waals surface area contributed by atoms with Gasteiger partial charge in [0.2, 0.25) is 11.8 Å². The number of hydrogen-bond acceptors (Lipinski definition) is 6. The van der Waals surface area contributed by atoms with Crippen LogP contribution in [0.5, 0.6) is 11.8 Å². The van der Waals surface area contributed by atoms with E-state index in [9.17, 15) is 25.5 Å². The molecule has 2 aliphatic rings. The zero-order valence-electron chi connectivity index (χ0n) is 15.1. The average molecular weight is 394 g/mol. The largest absolute Gasteiger partial charge is 0.494 e. The van der Waals surface area contributed by atoms with Crippen LogP contribution in [0.3, 0.4) is 0 Å². The molecule has 29 heavy (non-hydrogen) atoms. The minimum Gasteiger partial charge on any atom is -0.494 e. The summed E-state index contributed by atoms with van der Waals surface area (Å²) in [4.78, 5) is 3.52. The number of aliphatic hydroxyl groups excluding tert-OH is 3. The van der Waals surface area contributed by atoms with Crippen molar-refractivity contribution in [2.24, 2.45) is 0 Å². The van der Waals surface area contributed by atoms with E-state index in [0.29, 0.717) is 22.1 Å². The summed E-state index contributed by atoms with van der Waals surface area (Å²) in [7, 11) is 0. The van der Waals surface area contributed by atoms with E-state index >= 15 is 0 Å². The minimum absolute atomic E-state index is 0.0524. The van der Waals surface area contributed by atoms with E-state index in [1.54, 1.807) is 36.4 Å². The fraction of sp³-hybridized carbons (Fsp3) is 0.286. The van der Waals surface area contributed by atoms with Crippen LogP contribution in [0.25, 0.3) is 21.3 Å². The number of ether oxygens (including phenoxy) is 1. The van der Waals surface area contributed by atoms with E-state index < -0.39 is 23.9 Å². The lowest BCUT2D eigenvalue weighted by Gasteiger charge is -2.30. The second kappa shape index (κ2) is 5.95. The molecule has 0 amide bonds. The third-order valence-corrected chi connectivity index (χ3v) is 6.04. The Bertz CT molecular complexity index is 1200. The lowest BCUT2D eigenvalue weighted by molar-refractivity contribution is -0.0857. The molecule has 0 radical (unpaired) electrons. The number of hydrogen-bond donors (Lipinski definition) is 5. The number of fused-ring (bicyclic) bond motifs is 6. The molecule has 1 aromatic heterocycles. The Balaban J connectivity index is 1.81. The molecule has 8 heteroatoms. The van der Waals surface area contributed by atoms with Gasteiger partial charge < -0.3 is 30.3 Å². The quantitative estimate of drug-likeness (QED) is 0.434. The van der Waals surface area contributed by atoms with Gasteiger partial charge >= 0.3 is 0 Å². The van der Waals surface area contributed by atoms with E-state index in [4.69, 9.17) is 11.3 Å². The maximum Gasteiger partial charge on any atom is 0.205 e. The van der Waals surface area contributed by atoms with Crippen LogP contribution in [0.15, 0.2) is 36.4 Å². The normalized spacial score (nSPS) is 27.3. The van der Waals surface area contributed by atoms with Gasteiger partial charge in [-0.05, 0) is 16.8 Å². The van der Waals surface area contributed by atoms with Crippen molar-refractivity contribution >= 4 is 16.5 Å². The molecule has 2 aromatic carbocycles. The summed E-state index contributed by atoms with van der Waals surface area (Å²) in [6.07, 6.45) is -3.72. The van der Waals surface area contributed by atoms with Crippen molar-refractivity contribution in [3.05, 3.63) is 58.9 Å². The van der Waals surface area contributed by atoms with Crippen LogP contribution in [-0.2, 0) is 10.3 Å². The van der Waals surface area contributed by atoms with Crippen molar-refractivity contribution in [3.8, 4) is 17.4 Å². The third kappa shape index (κ3) is 2.05. The zero-order valence-corrected chi connectivity index (χ0v) is 15.1. The van der Waals surface area contributed by atoms with Crippen molar-refractivity contribution < 1.29 is 30.3 Å². The molecule has 1 saturated heterocycles. The first-order chi connectivity index (χ1) is 14.0. The van der Waals surface area contributed by atoms with Crippen molar-refractivity contribution in [2.75, 3.05) is 6.61 Å². The first kappa shape index (κ1) is 18.0. The van der Waals surface area contributed by atoms with Crippen molar-refractivity contribution in [2.45, 2.75) is 30.3 Å². The SMILES string of the molecule is [C-]#[N+]c1ccc(-n2c(O)c3c(c2O)C2(CCO)OC3[C@H](O)[C@@H]2O)c2ccccc12. The highest BCUT2D eigenvalue weighted by Crippen LogP contribution is 2.63. The van der Waals surface area contributed by atoms with E-state index in [0.717, 1.165) is 0 Å². The standard InChI is InChI=1S/C21H18N2O6/c1-22-12-6-7-13(11-5-3-2-4-10(11)12)23-19(27)14-15(20(23)28)21(8-9-24)18(26)16(25)17(14)29-21/h2-7,16-18,24-28H,8-9H2/t16-,17?,18-,21?/m0/s1. The van der Waals surface area contributed by atoms with Crippen molar-refractivity contribution in [1.82, 2.24) is 4.57 Å². The summed E-state index contributed by atoms with van der Waals surface area (Å²) in [5, 5.41) is 53.8. The molecule has 3 aromatic rings. The molecular weight excluding hydrogens is 376 g/mol. The average Bonchev–Trinajstić information content (AvgIpc) is 3.29. The van der Waals surface area contributed by atoms with Gasteiger partial charge in [0.05, 0.1) is 23.4 Å². The Morgan fingerprint density at radius 2 is 1.79 bits per heavy atom. The molecule has 8 nitrogen and oxygen atoms in total. The monoisotopic (exact) mass is 394 g/mol. The van der Waals surface area contributed by atoms with Gasteiger partial charge in [0, 0.05) is 13.0 Å². The van der Waals surface area contributed by atoms with E-state index in [1.807, 2.05) is 0 Å². The van der Waals surface area contributed by atoms with Gasteiger partial charge in [0.15, 0.2) is 5.69 Å². The highest BCUT2D eigenvalue weighted by molar-refractivity contribution is 6.00. The number of aromatic nitrogens is 1. The molecule has 148 valence electrons. The molecule has 0 saturated carbocycles. The number of rotatable bonds is 3. The topological polar surface area (TPSA) is 120 Å². The van der Waals surface area contributed by atoms with Crippen LogP contribution in [0.4, 0.5) is 5.69 Å². The van der Waals surface area contributed by atoms with Gasteiger partial charge in [-0.2, -0.15) is 0 Å². The Morgan fingerprint density at radius 3 is 2.48 bits per heavy atom. The summed E-state index contributed by atoms with van der Waals surface area (Å²) in [6.45, 7) is 7.02. The van der Waals surface area contributed by atoms with Gasteiger partial charge in [0.1, 0.15) is 23.9 Å². The smallest absolute Gasteiger partial charge is 0.205 e. The predicted octanol–water partition coefficient (Wildman–Crippen LogP) is 1.98. The van der Waals surface area contributed by atoms with Crippen LogP contribution in [0.2, 0.25) is 0 Å². The fourth-order valence-electron chi connectivity index (χ4n) is 4.78. The van der Waals surface area contributed by atoms with Crippen LogP contribution < -0.4 is 0 Å². The maximum absolute atomic E-state index is 11.1. The molecule has 5 rings (SSSR count). The van der Waals surface area contributed by atoms with Crippen molar-refractivity contribution in [3.63, 3.8) is 0 Å². The number of aromatic hydroxyl groups is 2. The van der Waals surface area contributed by atoms with Gasteiger partial charge in [0.25, 0.3) is 0 Å². The summed E-state index contributed by atoms with van der Waals surface area (Å²) in [5.41, 5.74) is -0.251. The molecule has 3 heterocycles. The Hall–Kier alpha value is -3.09. The number of benzene rings is 2. The van der Waals surface area contributed by atoms with Crippen LogP contribution in [-0.4, -0.2) is 48.9 Å². The molecule has 1 fully saturated rings.